The third-order valence-electron chi connectivity index (χ3n) is 4.60. The number of aryl methyl sites for hydroxylation is 1. The summed E-state index contributed by atoms with van der Waals surface area (Å²) in [6.45, 7) is 3.35. The number of aromatic nitrogens is 1. The Morgan fingerprint density at radius 2 is 2.04 bits per heavy atom. The average Bonchev–Trinajstić information content (AvgIpc) is 3.04. The lowest BCUT2D eigenvalue weighted by Gasteiger charge is -2.20. The number of amides is 1. The molecule has 0 unspecified atom stereocenters. The predicted octanol–water partition coefficient (Wildman–Crippen LogP) is 3.69. The molecule has 0 bridgehead atoms. The molecule has 26 heavy (non-hydrogen) atoms. The van der Waals surface area contributed by atoms with Gasteiger partial charge in [-0.05, 0) is 61.3 Å². The van der Waals surface area contributed by atoms with Crippen LogP contribution in [-0.2, 0) is 13.0 Å². The molecule has 6 heteroatoms. The zero-order valence-electron chi connectivity index (χ0n) is 14.3. The molecule has 0 atom stereocenters. The summed E-state index contributed by atoms with van der Waals surface area (Å²) in [4.78, 5) is 12.9. The van der Waals surface area contributed by atoms with Crippen LogP contribution in [0.25, 0.3) is 11.3 Å². The minimum absolute atomic E-state index is 0.290. The molecule has 1 aliphatic heterocycles. The van der Waals surface area contributed by atoms with E-state index in [9.17, 15) is 9.18 Å². The molecule has 2 N–H and O–H groups in total. The minimum atomic E-state index is -0.344. The van der Waals surface area contributed by atoms with Gasteiger partial charge >= 0.3 is 0 Å². The zero-order valence-corrected chi connectivity index (χ0v) is 14.3. The van der Waals surface area contributed by atoms with Crippen LogP contribution in [0.5, 0.6) is 0 Å². The van der Waals surface area contributed by atoms with Gasteiger partial charge in [-0.25, -0.2) is 4.39 Å². The Hall–Kier alpha value is -2.99. The van der Waals surface area contributed by atoms with E-state index in [4.69, 9.17) is 4.52 Å². The first kappa shape index (κ1) is 16.5. The van der Waals surface area contributed by atoms with E-state index in [0.29, 0.717) is 22.6 Å². The van der Waals surface area contributed by atoms with E-state index in [1.807, 2.05) is 12.1 Å². The average molecular weight is 351 g/mol. The number of carbonyl (C=O) groups is 1. The maximum Gasteiger partial charge on any atom is 0.261 e. The van der Waals surface area contributed by atoms with E-state index in [1.54, 1.807) is 19.1 Å². The van der Waals surface area contributed by atoms with Gasteiger partial charge in [-0.15, -0.1) is 0 Å². The molecular formula is C20H18FN3O2. The van der Waals surface area contributed by atoms with Crippen molar-refractivity contribution in [2.75, 3.05) is 11.9 Å². The van der Waals surface area contributed by atoms with Crippen LogP contribution in [0.2, 0.25) is 0 Å². The Morgan fingerprint density at radius 1 is 1.23 bits per heavy atom. The van der Waals surface area contributed by atoms with Crippen molar-refractivity contribution in [2.24, 2.45) is 0 Å². The van der Waals surface area contributed by atoms with Gasteiger partial charge in [0, 0.05) is 17.8 Å². The summed E-state index contributed by atoms with van der Waals surface area (Å²) >= 11 is 0. The summed E-state index contributed by atoms with van der Waals surface area (Å²) in [7, 11) is 0. The Morgan fingerprint density at radius 3 is 2.85 bits per heavy atom. The van der Waals surface area contributed by atoms with E-state index in [1.165, 1.54) is 17.7 Å². The van der Waals surface area contributed by atoms with Crippen LogP contribution in [0.1, 0.15) is 27.2 Å². The number of benzene rings is 2. The molecule has 1 aromatic heterocycles. The highest BCUT2D eigenvalue weighted by Gasteiger charge is 2.23. The fraction of sp³-hybridized carbons (Fsp3) is 0.200. The van der Waals surface area contributed by atoms with Gasteiger partial charge < -0.3 is 15.2 Å². The number of halogens is 1. The summed E-state index contributed by atoms with van der Waals surface area (Å²) in [6.07, 6.45) is 0.937. The third kappa shape index (κ3) is 2.99. The van der Waals surface area contributed by atoms with E-state index < -0.39 is 0 Å². The van der Waals surface area contributed by atoms with Crippen molar-refractivity contribution < 1.29 is 13.7 Å². The Kier molecular flexibility index (Phi) is 4.26. The molecule has 5 nitrogen and oxygen atoms in total. The second kappa shape index (κ2) is 6.72. The highest BCUT2D eigenvalue weighted by molar-refractivity contribution is 6.09. The lowest BCUT2D eigenvalue weighted by molar-refractivity contribution is 0.102. The van der Waals surface area contributed by atoms with Crippen LogP contribution in [-0.4, -0.2) is 17.6 Å². The highest BCUT2D eigenvalue weighted by atomic mass is 19.1. The zero-order chi connectivity index (χ0) is 18.1. The summed E-state index contributed by atoms with van der Waals surface area (Å²) < 4.78 is 18.4. The number of nitrogens with zero attached hydrogens (tertiary/aromatic N) is 1. The van der Waals surface area contributed by atoms with Crippen molar-refractivity contribution in [3.8, 4) is 11.3 Å². The quantitative estimate of drug-likeness (QED) is 0.755. The largest absolute Gasteiger partial charge is 0.360 e. The molecule has 0 saturated carbocycles. The molecule has 4 rings (SSSR count). The number of carbonyl (C=O) groups excluding carboxylic acids is 1. The van der Waals surface area contributed by atoms with E-state index in [-0.39, 0.29) is 11.7 Å². The molecule has 0 spiro atoms. The van der Waals surface area contributed by atoms with Gasteiger partial charge in [0.2, 0.25) is 0 Å². The van der Waals surface area contributed by atoms with Gasteiger partial charge in [-0.3, -0.25) is 4.79 Å². The fourth-order valence-corrected chi connectivity index (χ4v) is 3.26. The Labute approximate surface area is 150 Å². The van der Waals surface area contributed by atoms with E-state index in [0.717, 1.165) is 30.8 Å². The van der Waals surface area contributed by atoms with Gasteiger partial charge in [0.1, 0.15) is 22.8 Å². The van der Waals surface area contributed by atoms with Crippen LogP contribution in [0.15, 0.2) is 47.0 Å². The topological polar surface area (TPSA) is 67.2 Å². The molecule has 0 saturated heterocycles. The molecule has 1 amide bonds. The standard InChI is InChI=1S/C20H18FN3O2/c1-12-18(19(24-26-12)14-5-7-15(21)8-6-14)20(25)23-17-4-2-3-13-9-10-22-11-16(13)17/h2-8,22H,9-11H2,1H3,(H,23,25). The van der Waals surface area contributed by atoms with Crippen molar-refractivity contribution >= 4 is 11.6 Å². The molecular weight excluding hydrogens is 333 g/mol. The van der Waals surface area contributed by atoms with E-state index in [2.05, 4.69) is 21.9 Å². The SMILES string of the molecule is Cc1onc(-c2ccc(F)cc2)c1C(=O)Nc1cccc2c1CNCC2. The summed E-state index contributed by atoms with van der Waals surface area (Å²) in [5.74, 6) is -0.213. The van der Waals surface area contributed by atoms with Crippen molar-refractivity contribution in [3.63, 3.8) is 0 Å². The number of hydrogen-bond acceptors (Lipinski definition) is 4. The molecule has 0 radical (unpaired) electrons. The first-order chi connectivity index (χ1) is 12.6. The van der Waals surface area contributed by atoms with Crippen LogP contribution < -0.4 is 10.6 Å². The van der Waals surface area contributed by atoms with Gasteiger partial charge in [0.15, 0.2) is 0 Å². The number of hydrogen-bond donors (Lipinski definition) is 2. The number of anilines is 1. The molecule has 1 aliphatic rings. The van der Waals surface area contributed by atoms with Crippen LogP contribution >= 0.6 is 0 Å². The van der Waals surface area contributed by atoms with Crippen molar-refractivity contribution in [3.05, 3.63) is 70.7 Å². The minimum Gasteiger partial charge on any atom is -0.360 e. The van der Waals surface area contributed by atoms with Gasteiger partial charge in [-0.2, -0.15) is 0 Å². The van der Waals surface area contributed by atoms with E-state index >= 15 is 0 Å². The summed E-state index contributed by atoms with van der Waals surface area (Å²) in [5, 5.41) is 10.3. The molecule has 2 aromatic carbocycles. The molecule has 2 heterocycles. The summed E-state index contributed by atoms with van der Waals surface area (Å²) in [5.41, 5.74) is 4.52. The second-order valence-electron chi connectivity index (χ2n) is 6.29. The van der Waals surface area contributed by atoms with Crippen LogP contribution in [0.3, 0.4) is 0 Å². The second-order valence-corrected chi connectivity index (χ2v) is 6.29. The van der Waals surface area contributed by atoms with Crippen molar-refractivity contribution in [1.82, 2.24) is 10.5 Å². The number of rotatable bonds is 3. The summed E-state index contributed by atoms with van der Waals surface area (Å²) in [6, 6.07) is 11.8. The Bertz CT molecular complexity index is 964. The number of nitrogens with one attached hydrogen (secondary N) is 2. The fourth-order valence-electron chi connectivity index (χ4n) is 3.26. The van der Waals surface area contributed by atoms with Gasteiger partial charge in [-0.1, -0.05) is 17.3 Å². The van der Waals surface area contributed by atoms with Crippen LogP contribution in [0, 0.1) is 12.7 Å². The first-order valence-electron chi connectivity index (χ1n) is 8.48. The molecule has 0 fully saturated rings. The van der Waals surface area contributed by atoms with Gasteiger partial charge in [0.25, 0.3) is 5.91 Å². The maximum atomic E-state index is 13.2. The lowest BCUT2D eigenvalue weighted by Crippen LogP contribution is -2.25. The smallest absolute Gasteiger partial charge is 0.261 e. The molecule has 0 aliphatic carbocycles. The van der Waals surface area contributed by atoms with Crippen LogP contribution in [0.4, 0.5) is 10.1 Å². The lowest BCUT2D eigenvalue weighted by atomic mass is 9.99. The van der Waals surface area contributed by atoms with Crippen molar-refractivity contribution in [1.29, 1.82) is 0 Å². The van der Waals surface area contributed by atoms with Gasteiger partial charge in [0.05, 0.1) is 0 Å². The van der Waals surface area contributed by atoms with Crippen molar-refractivity contribution in [2.45, 2.75) is 19.9 Å². The monoisotopic (exact) mass is 351 g/mol. The normalized spacial score (nSPS) is 13.3. The molecule has 132 valence electrons. The first-order valence-corrected chi connectivity index (χ1v) is 8.48. The third-order valence-corrected chi connectivity index (χ3v) is 4.60. The highest BCUT2D eigenvalue weighted by Crippen LogP contribution is 2.28. The Balaban J connectivity index is 1.68. The molecule has 3 aromatic rings. The number of fused-ring (bicyclic) bond motifs is 1. The maximum absolute atomic E-state index is 13.2. The predicted molar refractivity (Wildman–Crippen MR) is 96.4 cm³/mol.